The van der Waals surface area contributed by atoms with Gasteiger partial charge in [-0.3, -0.25) is 0 Å². The van der Waals surface area contributed by atoms with Crippen LogP contribution in [0.4, 0.5) is 0 Å². The summed E-state index contributed by atoms with van der Waals surface area (Å²) in [6.07, 6.45) is 0. The first-order valence-electron chi connectivity index (χ1n) is 10.2. The minimum atomic E-state index is 0. The zero-order chi connectivity index (χ0) is 22.6. The standard InChI is InChI=1S/C23H33N3O5.HI/c1-7-24-23(25-14-16-9-10-18(31-8-2)19(11-16)27-3)26-15-17-12-20(28-4)22(30-6)21(13-17)29-5;/h9-13H,7-8,14-15H2,1-6H3,(H2,24,25,26);1H. The molecule has 0 radical (unpaired) electrons. The molecule has 0 amide bonds. The fourth-order valence-corrected chi connectivity index (χ4v) is 3.02. The Labute approximate surface area is 207 Å². The number of hydrogen-bond acceptors (Lipinski definition) is 6. The van der Waals surface area contributed by atoms with Gasteiger partial charge in [0.15, 0.2) is 29.0 Å². The number of nitrogens with zero attached hydrogens (tertiary/aromatic N) is 1. The van der Waals surface area contributed by atoms with Crippen LogP contribution < -0.4 is 34.3 Å². The summed E-state index contributed by atoms with van der Waals surface area (Å²) in [5.74, 6) is 3.91. The van der Waals surface area contributed by atoms with Gasteiger partial charge in [-0.15, -0.1) is 24.0 Å². The number of methoxy groups -OCH3 is 4. The van der Waals surface area contributed by atoms with E-state index in [1.807, 2.05) is 44.2 Å². The Morgan fingerprint density at radius 1 is 0.781 bits per heavy atom. The molecule has 0 heterocycles. The van der Waals surface area contributed by atoms with Crippen molar-refractivity contribution in [3.8, 4) is 28.7 Å². The van der Waals surface area contributed by atoms with Gasteiger partial charge in [-0.2, -0.15) is 0 Å². The van der Waals surface area contributed by atoms with Crippen LogP contribution in [0.5, 0.6) is 28.7 Å². The zero-order valence-electron chi connectivity index (χ0n) is 19.6. The molecule has 9 heteroatoms. The van der Waals surface area contributed by atoms with Gasteiger partial charge in [-0.1, -0.05) is 6.07 Å². The van der Waals surface area contributed by atoms with Gasteiger partial charge in [0, 0.05) is 13.1 Å². The Kier molecular flexibility index (Phi) is 12.4. The molecule has 0 bridgehead atoms. The predicted octanol–water partition coefficient (Wildman–Crippen LogP) is 3.99. The van der Waals surface area contributed by atoms with E-state index in [4.69, 9.17) is 23.7 Å². The number of aliphatic imine (C=N–C) groups is 1. The Hall–Kier alpha value is -2.56. The third-order valence-corrected chi connectivity index (χ3v) is 4.48. The van der Waals surface area contributed by atoms with Crippen molar-refractivity contribution in [2.45, 2.75) is 26.9 Å². The summed E-state index contributed by atoms with van der Waals surface area (Å²) in [4.78, 5) is 4.68. The van der Waals surface area contributed by atoms with Crippen LogP contribution in [0.2, 0.25) is 0 Å². The van der Waals surface area contributed by atoms with Crippen LogP contribution in [0.3, 0.4) is 0 Å². The second kappa shape index (κ2) is 14.5. The summed E-state index contributed by atoms with van der Waals surface area (Å²) in [6, 6.07) is 9.67. The highest BCUT2D eigenvalue weighted by atomic mass is 127. The average Bonchev–Trinajstić information content (AvgIpc) is 2.80. The summed E-state index contributed by atoms with van der Waals surface area (Å²) in [6.45, 7) is 6.33. The molecule has 32 heavy (non-hydrogen) atoms. The Morgan fingerprint density at radius 3 is 1.94 bits per heavy atom. The molecule has 0 aromatic heterocycles. The number of halogens is 1. The summed E-state index contributed by atoms with van der Waals surface area (Å²) in [5, 5.41) is 6.60. The van der Waals surface area contributed by atoms with Crippen LogP contribution in [0, 0.1) is 0 Å². The molecular formula is C23H34IN3O5. The van der Waals surface area contributed by atoms with Gasteiger partial charge < -0.3 is 34.3 Å². The molecule has 2 aromatic carbocycles. The van der Waals surface area contributed by atoms with E-state index in [1.54, 1.807) is 28.4 Å². The van der Waals surface area contributed by atoms with E-state index in [0.717, 1.165) is 23.4 Å². The van der Waals surface area contributed by atoms with Crippen molar-refractivity contribution in [1.29, 1.82) is 0 Å². The van der Waals surface area contributed by atoms with E-state index < -0.39 is 0 Å². The fraction of sp³-hybridized carbons (Fsp3) is 0.435. The smallest absolute Gasteiger partial charge is 0.203 e. The number of rotatable bonds is 11. The van der Waals surface area contributed by atoms with Gasteiger partial charge in [-0.05, 0) is 49.2 Å². The third-order valence-electron chi connectivity index (χ3n) is 4.48. The van der Waals surface area contributed by atoms with Gasteiger partial charge >= 0.3 is 0 Å². The molecule has 2 N–H and O–H groups in total. The van der Waals surface area contributed by atoms with Crippen LogP contribution in [0.25, 0.3) is 0 Å². The maximum atomic E-state index is 5.58. The number of hydrogen-bond donors (Lipinski definition) is 2. The Morgan fingerprint density at radius 2 is 1.41 bits per heavy atom. The van der Waals surface area contributed by atoms with Crippen molar-refractivity contribution in [2.24, 2.45) is 4.99 Å². The SMILES string of the molecule is CCNC(=NCc1cc(OC)c(OC)c(OC)c1)NCc1ccc(OCC)c(OC)c1.I. The lowest BCUT2D eigenvalue weighted by Crippen LogP contribution is -2.36. The molecule has 178 valence electrons. The molecule has 2 aromatic rings. The Balaban J connectivity index is 0.00000512. The highest BCUT2D eigenvalue weighted by Crippen LogP contribution is 2.38. The van der Waals surface area contributed by atoms with E-state index in [9.17, 15) is 0 Å². The van der Waals surface area contributed by atoms with Gasteiger partial charge in [0.2, 0.25) is 5.75 Å². The molecule has 0 aliphatic carbocycles. The molecule has 0 saturated carbocycles. The number of guanidine groups is 1. The minimum absolute atomic E-state index is 0. The molecule has 0 fully saturated rings. The molecule has 0 aliphatic rings. The van der Waals surface area contributed by atoms with Gasteiger partial charge in [0.25, 0.3) is 0 Å². The third kappa shape index (κ3) is 7.54. The first-order chi connectivity index (χ1) is 15.1. The summed E-state index contributed by atoms with van der Waals surface area (Å²) >= 11 is 0. The largest absolute Gasteiger partial charge is 0.493 e. The van der Waals surface area contributed by atoms with Crippen molar-refractivity contribution in [2.75, 3.05) is 41.6 Å². The van der Waals surface area contributed by atoms with E-state index in [2.05, 4.69) is 15.6 Å². The molecule has 2 rings (SSSR count). The summed E-state index contributed by atoms with van der Waals surface area (Å²) in [5.41, 5.74) is 1.99. The monoisotopic (exact) mass is 559 g/mol. The van der Waals surface area contributed by atoms with Crippen molar-refractivity contribution < 1.29 is 23.7 Å². The quantitative estimate of drug-likeness (QED) is 0.245. The molecule has 0 unspecified atom stereocenters. The number of benzene rings is 2. The van der Waals surface area contributed by atoms with Crippen LogP contribution in [-0.2, 0) is 13.1 Å². The molecule has 0 saturated heterocycles. The Bertz CT molecular complexity index is 852. The molecule has 0 spiro atoms. The highest BCUT2D eigenvalue weighted by molar-refractivity contribution is 14.0. The summed E-state index contributed by atoms with van der Waals surface area (Å²) < 4.78 is 27.2. The van der Waals surface area contributed by atoms with Crippen LogP contribution in [-0.4, -0.2) is 47.6 Å². The van der Waals surface area contributed by atoms with Gasteiger partial charge in [-0.25, -0.2) is 4.99 Å². The van der Waals surface area contributed by atoms with Crippen LogP contribution in [0.15, 0.2) is 35.3 Å². The van der Waals surface area contributed by atoms with E-state index >= 15 is 0 Å². The first-order valence-corrected chi connectivity index (χ1v) is 10.2. The van der Waals surface area contributed by atoms with E-state index in [-0.39, 0.29) is 24.0 Å². The van der Waals surface area contributed by atoms with Crippen molar-refractivity contribution in [1.82, 2.24) is 10.6 Å². The lowest BCUT2D eigenvalue weighted by atomic mass is 10.2. The fourth-order valence-electron chi connectivity index (χ4n) is 3.02. The zero-order valence-corrected chi connectivity index (χ0v) is 21.9. The maximum absolute atomic E-state index is 5.58. The van der Waals surface area contributed by atoms with E-state index in [0.29, 0.717) is 48.7 Å². The maximum Gasteiger partial charge on any atom is 0.203 e. The van der Waals surface area contributed by atoms with Gasteiger partial charge in [0.05, 0.1) is 41.6 Å². The minimum Gasteiger partial charge on any atom is -0.493 e. The molecule has 0 aliphatic heterocycles. The first kappa shape index (κ1) is 27.5. The van der Waals surface area contributed by atoms with E-state index in [1.165, 1.54) is 0 Å². The number of nitrogens with one attached hydrogen (secondary N) is 2. The van der Waals surface area contributed by atoms with Crippen LogP contribution in [0.1, 0.15) is 25.0 Å². The predicted molar refractivity (Wildman–Crippen MR) is 137 cm³/mol. The topological polar surface area (TPSA) is 82.6 Å². The second-order valence-electron chi connectivity index (χ2n) is 6.50. The average molecular weight is 559 g/mol. The summed E-state index contributed by atoms with van der Waals surface area (Å²) in [7, 11) is 6.42. The van der Waals surface area contributed by atoms with Crippen molar-refractivity contribution in [3.05, 3.63) is 41.5 Å². The second-order valence-corrected chi connectivity index (χ2v) is 6.50. The lowest BCUT2D eigenvalue weighted by molar-refractivity contribution is 0.310. The lowest BCUT2D eigenvalue weighted by Gasteiger charge is -2.15. The molecule has 8 nitrogen and oxygen atoms in total. The van der Waals surface area contributed by atoms with Crippen molar-refractivity contribution in [3.63, 3.8) is 0 Å². The van der Waals surface area contributed by atoms with Crippen molar-refractivity contribution >= 4 is 29.9 Å². The van der Waals surface area contributed by atoms with Gasteiger partial charge in [0.1, 0.15) is 0 Å². The number of ether oxygens (including phenoxy) is 5. The highest BCUT2D eigenvalue weighted by Gasteiger charge is 2.13. The molecular weight excluding hydrogens is 525 g/mol. The van der Waals surface area contributed by atoms with Crippen LogP contribution >= 0.6 is 24.0 Å². The normalized spacial score (nSPS) is 10.6. The molecule has 0 atom stereocenters.